The maximum absolute atomic E-state index is 13.0. The van der Waals surface area contributed by atoms with E-state index in [0.29, 0.717) is 11.4 Å². The van der Waals surface area contributed by atoms with Crippen LogP contribution in [0.2, 0.25) is 0 Å². The van der Waals surface area contributed by atoms with Crippen LogP contribution >= 0.6 is 15.9 Å². The summed E-state index contributed by atoms with van der Waals surface area (Å²) in [5.41, 5.74) is 0.202. The highest BCUT2D eigenvalue weighted by Gasteiger charge is 2.30. The van der Waals surface area contributed by atoms with Crippen molar-refractivity contribution >= 4 is 33.6 Å². The lowest BCUT2D eigenvalue weighted by Gasteiger charge is -2.11. The van der Waals surface area contributed by atoms with Crippen LogP contribution in [0.3, 0.4) is 0 Å². The van der Waals surface area contributed by atoms with Gasteiger partial charge in [0.2, 0.25) is 0 Å². The van der Waals surface area contributed by atoms with E-state index in [4.69, 9.17) is 0 Å². The molecule has 0 bridgehead atoms. The van der Waals surface area contributed by atoms with Crippen molar-refractivity contribution in [1.29, 1.82) is 5.26 Å². The first-order valence-corrected chi connectivity index (χ1v) is 9.11. The van der Waals surface area contributed by atoms with Crippen LogP contribution in [0.5, 0.6) is 0 Å². The summed E-state index contributed by atoms with van der Waals surface area (Å²) >= 11 is 3.29. The van der Waals surface area contributed by atoms with Gasteiger partial charge in [0, 0.05) is 27.7 Å². The number of hydrogen-bond donors (Lipinski definition) is 1. The van der Waals surface area contributed by atoms with Crippen molar-refractivity contribution in [3.63, 3.8) is 0 Å². The maximum atomic E-state index is 13.0. The molecule has 0 saturated heterocycles. The van der Waals surface area contributed by atoms with Crippen LogP contribution in [0.4, 0.5) is 18.9 Å². The molecule has 0 aliphatic heterocycles. The third-order valence-corrected chi connectivity index (χ3v) is 4.52. The Balaban J connectivity index is 1.91. The van der Waals surface area contributed by atoms with Gasteiger partial charge in [-0.05, 0) is 60.7 Å². The smallest absolute Gasteiger partial charge is 0.321 e. The quantitative estimate of drug-likeness (QED) is 0.395. The molecule has 1 heterocycles. The molecule has 3 rings (SSSR count). The molecule has 0 radical (unpaired) electrons. The summed E-state index contributed by atoms with van der Waals surface area (Å²) in [6.45, 7) is 0. The highest BCUT2D eigenvalue weighted by Crippen LogP contribution is 2.30. The Morgan fingerprint density at radius 3 is 2.48 bits per heavy atom. The number of carbonyl (C=O) groups is 1. The number of nitrogens with zero attached hydrogens (tertiary/aromatic N) is 2. The number of amides is 1. The van der Waals surface area contributed by atoms with E-state index in [9.17, 15) is 23.2 Å². The Morgan fingerprint density at radius 2 is 1.83 bits per heavy atom. The van der Waals surface area contributed by atoms with Crippen LogP contribution in [0.25, 0.3) is 11.8 Å². The van der Waals surface area contributed by atoms with E-state index in [1.807, 2.05) is 6.07 Å². The Morgan fingerprint density at radius 1 is 1.10 bits per heavy atom. The summed E-state index contributed by atoms with van der Waals surface area (Å²) in [5, 5.41) is 12.0. The second-order valence-electron chi connectivity index (χ2n) is 5.98. The second kappa shape index (κ2) is 8.37. The van der Waals surface area contributed by atoms with Gasteiger partial charge in [-0.1, -0.05) is 22.0 Å². The average molecular weight is 460 g/mol. The predicted octanol–water partition coefficient (Wildman–Crippen LogP) is 5.80. The monoisotopic (exact) mass is 459 g/mol. The van der Waals surface area contributed by atoms with E-state index < -0.39 is 17.6 Å². The fraction of sp³-hybridized carbons (Fsp3) is 0.0476. The minimum atomic E-state index is -4.47. The number of hydrogen-bond acceptors (Lipinski definition) is 2. The number of anilines is 1. The summed E-state index contributed by atoms with van der Waals surface area (Å²) in [7, 11) is 0. The summed E-state index contributed by atoms with van der Waals surface area (Å²) in [5.74, 6) is -0.619. The van der Waals surface area contributed by atoms with Crippen LogP contribution in [0.15, 0.2) is 76.9 Å². The summed E-state index contributed by atoms with van der Waals surface area (Å²) < 4.78 is 41.3. The largest absolute Gasteiger partial charge is 0.416 e. The van der Waals surface area contributed by atoms with Crippen molar-refractivity contribution in [3.05, 3.63) is 88.2 Å². The Kier molecular flexibility index (Phi) is 5.89. The van der Waals surface area contributed by atoms with Gasteiger partial charge in [-0.3, -0.25) is 4.79 Å². The highest BCUT2D eigenvalue weighted by molar-refractivity contribution is 9.10. The van der Waals surface area contributed by atoms with Crippen LogP contribution in [0.1, 0.15) is 11.3 Å². The van der Waals surface area contributed by atoms with Gasteiger partial charge in [0.1, 0.15) is 11.6 Å². The van der Waals surface area contributed by atoms with E-state index in [1.54, 1.807) is 42.6 Å². The number of carbonyl (C=O) groups excluding carboxylic acids is 1. The van der Waals surface area contributed by atoms with Crippen LogP contribution < -0.4 is 5.32 Å². The molecule has 146 valence electrons. The van der Waals surface area contributed by atoms with Crippen molar-refractivity contribution < 1.29 is 18.0 Å². The number of benzene rings is 2. The van der Waals surface area contributed by atoms with Gasteiger partial charge in [0.05, 0.1) is 5.56 Å². The standard InChI is InChI=1S/C21H13BrF3N3O/c22-16-6-8-17(9-7-16)27-20(29)14(13-26)11-18-5-2-10-28(18)19-4-1-3-15(12-19)21(23,24)25/h1-12H,(H,27,29)/b14-11-. The fourth-order valence-corrected chi connectivity index (χ4v) is 2.87. The molecular formula is C21H13BrF3N3O. The van der Waals surface area contributed by atoms with Crippen LogP contribution in [-0.4, -0.2) is 10.5 Å². The van der Waals surface area contributed by atoms with Gasteiger partial charge in [-0.15, -0.1) is 0 Å². The van der Waals surface area contributed by atoms with Crippen LogP contribution in [-0.2, 0) is 11.0 Å². The normalized spacial score (nSPS) is 11.8. The zero-order valence-electron chi connectivity index (χ0n) is 14.7. The third-order valence-electron chi connectivity index (χ3n) is 3.99. The van der Waals surface area contributed by atoms with E-state index in [-0.39, 0.29) is 11.3 Å². The lowest BCUT2D eigenvalue weighted by molar-refractivity contribution is -0.137. The molecule has 0 aliphatic rings. The van der Waals surface area contributed by atoms with Crippen LogP contribution in [0, 0.1) is 11.3 Å². The Bertz CT molecular complexity index is 1110. The number of alkyl halides is 3. The van der Waals surface area contributed by atoms with Crippen molar-refractivity contribution in [2.75, 3.05) is 5.32 Å². The van der Waals surface area contributed by atoms with E-state index in [1.165, 1.54) is 22.8 Å². The Labute approximate surface area is 173 Å². The minimum Gasteiger partial charge on any atom is -0.321 e. The first-order chi connectivity index (χ1) is 13.8. The van der Waals surface area contributed by atoms with Gasteiger partial charge in [0.15, 0.2) is 0 Å². The molecule has 0 unspecified atom stereocenters. The molecule has 1 N–H and O–H groups in total. The molecule has 2 aromatic carbocycles. The molecule has 0 spiro atoms. The molecule has 0 fully saturated rings. The van der Waals surface area contributed by atoms with Crippen molar-refractivity contribution in [1.82, 2.24) is 4.57 Å². The fourth-order valence-electron chi connectivity index (χ4n) is 2.61. The molecule has 8 heteroatoms. The average Bonchev–Trinajstić information content (AvgIpc) is 3.15. The first kappa shape index (κ1) is 20.4. The van der Waals surface area contributed by atoms with Crippen molar-refractivity contribution in [2.45, 2.75) is 6.18 Å². The lowest BCUT2D eigenvalue weighted by atomic mass is 10.1. The zero-order chi connectivity index (χ0) is 21.0. The number of aromatic nitrogens is 1. The lowest BCUT2D eigenvalue weighted by Crippen LogP contribution is -2.13. The van der Waals surface area contributed by atoms with Gasteiger partial charge in [0.25, 0.3) is 5.91 Å². The van der Waals surface area contributed by atoms with Gasteiger partial charge < -0.3 is 9.88 Å². The number of rotatable bonds is 4. The molecule has 4 nitrogen and oxygen atoms in total. The molecule has 3 aromatic rings. The highest BCUT2D eigenvalue weighted by atomic mass is 79.9. The van der Waals surface area contributed by atoms with E-state index >= 15 is 0 Å². The summed E-state index contributed by atoms with van der Waals surface area (Å²) in [6, 6.07) is 16.7. The van der Waals surface area contributed by atoms with Gasteiger partial charge >= 0.3 is 6.18 Å². The van der Waals surface area contributed by atoms with Gasteiger partial charge in [-0.25, -0.2) is 0 Å². The maximum Gasteiger partial charge on any atom is 0.416 e. The van der Waals surface area contributed by atoms with Crippen molar-refractivity contribution in [3.8, 4) is 11.8 Å². The number of halogens is 4. The molecule has 0 saturated carbocycles. The number of nitriles is 1. The minimum absolute atomic E-state index is 0.181. The van der Waals surface area contributed by atoms with Gasteiger partial charge in [-0.2, -0.15) is 18.4 Å². The predicted molar refractivity (Wildman–Crippen MR) is 107 cm³/mol. The topological polar surface area (TPSA) is 57.8 Å². The third kappa shape index (κ3) is 4.95. The first-order valence-electron chi connectivity index (χ1n) is 8.31. The molecule has 1 aromatic heterocycles. The molecule has 0 atom stereocenters. The summed E-state index contributed by atoms with van der Waals surface area (Å²) in [4.78, 5) is 12.4. The number of nitrogens with one attached hydrogen (secondary N) is 1. The summed E-state index contributed by atoms with van der Waals surface area (Å²) in [6.07, 6.45) is -1.58. The molecule has 0 aliphatic carbocycles. The molecule has 1 amide bonds. The molecule has 29 heavy (non-hydrogen) atoms. The zero-order valence-corrected chi connectivity index (χ0v) is 16.3. The van der Waals surface area contributed by atoms with Crippen molar-refractivity contribution in [2.24, 2.45) is 0 Å². The van der Waals surface area contributed by atoms with E-state index in [2.05, 4.69) is 21.2 Å². The Hall–Kier alpha value is -3.31. The SMILES string of the molecule is N#C/C(=C/c1cccn1-c1cccc(C(F)(F)F)c1)C(=O)Nc1ccc(Br)cc1. The van der Waals surface area contributed by atoms with E-state index in [0.717, 1.165) is 16.6 Å². The second-order valence-corrected chi connectivity index (χ2v) is 6.90. The molecular weight excluding hydrogens is 447 g/mol.